The molecule has 0 saturated carbocycles. The number of hydrazone groups is 1. The minimum atomic E-state index is -0.204. The summed E-state index contributed by atoms with van der Waals surface area (Å²) in [6, 6.07) is 15.7. The van der Waals surface area contributed by atoms with Crippen molar-refractivity contribution in [1.29, 1.82) is 0 Å². The van der Waals surface area contributed by atoms with Gasteiger partial charge in [-0.1, -0.05) is 43.7 Å². The molecule has 0 spiro atoms. The maximum atomic E-state index is 12.0. The second-order valence-electron chi connectivity index (χ2n) is 6.14. The van der Waals surface area contributed by atoms with Crippen LogP contribution in [0.25, 0.3) is 0 Å². The van der Waals surface area contributed by atoms with Crippen LogP contribution >= 0.6 is 0 Å². The smallest absolute Gasteiger partial charge is 0.271 e. The largest absolute Gasteiger partial charge is 0.372 e. The van der Waals surface area contributed by atoms with Crippen LogP contribution in [0.1, 0.15) is 48.2 Å². The van der Waals surface area contributed by atoms with Gasteiger partial charge in [0.15, 0.2) is 0 Å². The van der Waals surface area contributed by atoms with Crippen molar-refractivity contribution in [3.8, 4) is 0 Å². The predicted octanol–water partition coefficient (Wildman–Crippen LogP) is 4.39. The normalized spacial score (nSPS) is 10.8. The molecule has 1 amide bonds. The Morgan fingerprint density at radius 1 is 1.00 bits per heavy atom. The molecule has 4 nitrogen and oxygen atoms in total. The first-order valence-corrected chi connectivity index (χ1v) is 8.89. The number of anilines is 1. The highest BCUT2D eigenvalue weighted by Gasteiger charge is 2.04. The zero-order chi connectivity index (χ0) is 18.1. The number of nitrogens with one attached hydrogen (secondary N) is 1. The second-order valence-corrected chi connectivity index (χ2v) is 6.14. The Morgan fingerprint density at radius 2 is 1.60 bits per heavy atom. The van der Waals surface area contributed by atoms with E-state index in [2.05, 4.69) is 41.4 Å². The molecular weight excluding hydrogens is 310 g/mol. The molecule has 2 aromatic carbocycles. The number of benzene rings is 2. The van der Waals surface area contributed by atoms with Crippen LogP contribution in [0, 0.1) is 6.92 Å². The number of carbonyl (C=O) groups is 1. The fourth-order valence-corrected chi connectivity index (χ4v) is 2.62. The second kappa shape index (κ2) is 9.62. The van der Waals surface area contributed by atoms with E-state index in [9.17, 15) is 4.79 Å². The average Bonchev–Trinajstić information content (AvgIpc) is 2.62. The number of aryl methyl sites for hydroxylation is 1. The van der Waals surface area contributed by atoms with Crippen LogP contribution in [0.4, 0.5) is 5.69 Å². The Bertz CT molecular complexity index is 684. The van der Waals surface area contributed by atoms with Crippen molar-refractivity contribution in [3.05, 3.63) is 65.2 Å². The average molecular weight is 337 g/mol. The van der Waals surface area contributed by atoms with Gasteiger partial charge in [-0.05, 0) is 49.6 Å². The lowest BCUT2D eigenvalue weighted by Gasteiger charge is -2.23. The van der Waals surface area contributed by atoms with Crippen molar-refractivity contribution >= 4 is 17.8 Å². The highest BCUT2D eigenvalue weighted by Crippen LogP contribution is 2.15. The van der Waals surface area contributed by atoms with Crippen molar-refractivity contribution < 1.29 is 4.79 Å². The topological polar surface area (TPSA) is 44.7 Å². The first kappa shape index (κ1) is 18.7. The number of nitrogens with zero attached hydrogens (tertiary/aromatic N) is 2. The third kappa shape index (κ3) is 5.75. The van der Waals surface area contributed by atoms with Crippen LogP contribution in [-0.2, 0) is 0 Å². The molecule has 132 valence electrons. The standard InChI is InChI=1S/C21H27N3O/c1-4-14-24(15-5-2)20-12-8-18(9-13-20)16-22-23-21(25)19-10-6-17(3)7-11-19/h6-13,16H,4-5,14-15H2,1-3H3,(H,23,25)/b22-16-. The quantitative estimate of drug-likeness (QED) is 0.574. The molecule has 2 aromatic rings. The van der Waals surface area contributed by atoms with Gasteiger partial charge in [0.25, 0.3) is 5.91 Å². The molecule has 2 rings (SSSR count). The number of hydrogen-bond acceptors (Lipinski definition) is 3. The minimum Gasteiger partial charge on any atom is -0.372 e. The van der Waals surface area contributed by atoms with E-state index in [1.54, 1.807) is 18.3 Å². The van der Waals surface area contributed by atoms with Gasteiger partial charge in [0.05, 0.1) is 6.21 Å². The number of amides is 1. The van der Waals surface area contributed by atoms with Gasteiger partial charge in [0.1, 0.15) is 0 Å². The molecule has 0 aromatic heterocycles. The highest BCUT2D eigenvalue weighted by molar-refractivity contribution is 5.94. The van der Waals surface area contributed by atoms with E-state index in [0.29, 0.717) is 5.56 Å². The Kier molecular flexibility index (Phi) is 7.20. The van der Waals surface area contributed by atoms with Gasteiger partial charge in [-0.3, -0.25) is 4.79 Å². The van der Waals surface area contributed by atoms with Gasteiger partial charge in [0.2, 0.25) is 0 Å². The summed E-state index contributed by atoms with van der Waals surface area (Å²) in [5.41, 5.74) is 6.48. The van der Waals surface area contributed by atoms with Crippen LogP contribution < -0.4 is 10.3 Å². The molecule has 0 aliphatic carbocycles. The summed E-state index contributed by atoms with van der Waals surface area (Å²) < 4.78 is 0. The molecule has 0 bridgehead atoms. The monoisotopic (exact) mass is 337 g/mol. The zero-order valence-corrected chi connectivity index (χ0v) is 15.3. The van der Waals surface area contributed by atoms with Gasteiger partial charge < -0.3 is 4.90 Å². The Hall–Kier alpha value is -2.62. The summed E-state index contributed by atoms with van der Waals surface area (Å²) >= 11 is 0. The summed E-state index contributed by atoms with van der Waals surface area (Å²) in [6.45, 7) is 8.51. The summed E-state index contributed by atoms with van der Waals surface area (Å²) in [4.78, 5) is 14.4. The van der Waals surface area contributed by atoms with E-state index >= 15 is 0 Å². The maximum Gasteiger partial charge on any atom is 0.271 e. The van der Waals surface area contributed by atoms with Crippen molar-refractivity contribution in [1.82, 2.24) is 5.43 Å². The Labute approximate surface area is 150 Å². The van der Waals surface area contributed by atoms with E-state index in [0.717, 1.165) is 37.1 Å². The van der Waals surface area contributed by atoms with E-state index in [1.165, 1.54) is 5.69 Å². The molecule has 0 heterocycles. The van der Waals surface area contributed by atoms with Gasteiger partial charge >= 0.3 is 0 Å². The van der Waals surface area contributed by atoms with Crippen LogP contribution in [0.2, 0.25) is 0 Å². The summed E-state index contributed by atoms with van der Waals surface area (Å²) in [7, 11) is 0. The molecule has 0 saturated heterocycles. The molecule has 4 heteroatoms. The SMILES string of the molecule is CCCN(CCC)c1ccc(/C=N\NC(=O)c2ccc(C)cc2)cc1. The van der Waals surface area contributed by atoms with Gasteiger partial charge in [-0.2, -0.15) is 5.10 Å². The predicted molar refractivity (Wildman–Crippen MR) is 105 cm³/mol. The lowest BCUT2D eigenvalue weighted by atomic mass is 10.1. The lowest BCUT2D eigenvalue weighted by Crippen LogP contribution is -2.24. The summed E-state index contributed by atoms with van der Waals surface area (Å²) in [6.07, 6.45) is 3.93. The van der Waals surface area contributed by atoms with Crippen molar-refractivity contribution in [2.24, 2.45) is 5.10 Å². The van der Waals surface area contributed by atoms with Crippen molar-refractivity contribution in [2.75, 3.05) is 18.0 Å². The molecule has 1 N–H and O–H groups in total. The van der Waals surface area contributed by atoms with Crippen molar-refractivity contribution in [2.45, 2.75) is 33.6 Å². The fourth-order valence-electron chi connectivity index (χ4n) is 2.62. The van der Waals surface area contributed by atoms with Crippen LogP contribution in [0.15, 0.2) is 53.6 Å². The van der Waals surface area contributed by atoms with Crippen LogP contribution in [0.5, 0.6) is 0 Å². The van der Waals surface area contributed by atoms with Crippen LogP contribution in [-0.4, -0.2) is 25.2 Å². The van der Waals surface area contributed by atoms with Crippen molar-refractivity contribution in [3.63, 3.8) is 0 Å². The van der Waals surface area contributed by atoms with Gasteiger partial charge in [-0.25, -0.2) is 5.43 Å². The third-order valence-electron chi connectivity index (χ3n) is 3.94. The number of carbonyl (C=O) groups excluding carboxylic acids is 1. The number of rotatable bonds is 8. The maximum absolute atomic E-state index is 12.0. The minimum absolute atomic E-state index is 0.204. The zero-order valence-electron chi connectivity index (χ0n) is 15.3. The fraction of sp³-hybridized carbons (Fsp3) is 0.333. The molecule has 0 atom stereocenters. The van der Waals surface area contributed by atoms with E-state index in [-0.39, 0.29) is 5.91 Å². The van der Waals surface area contributed by atoms with E-state index in [4.69, 9.17) is 0 Å². The highest BCUT2D eigenvalue weighted by atomic mass is 16.2. The summed E-state index contributed by atoms with van der Waals surface area (Å²) in [5.74, 6) is -0.204. The Balaban J connectivity index is 1.94. The van der Waals surface area contributed by atoms with Crippen LogP contribution in [0.3, 0.4) is 0 Å². The third-order valence-corrected chi connectivity index (χ3v) is 3.94. The summed E-state index contributed by atoms with van der Waals surface area (Å²) in [5, 5.41) is 4.05. The number of hydrogen-bond donors (Lipinski definition) is 1. The Morgan fingerprint density at radius 3 is 2.16 bits per heavy atom. The molecule has 0 fully saturated rings. The van der Waals surface area contributed by atoms with Gasteiger partial charge in [-0.15, -0.1) is 0 Å². The van der Waals surface area contributed by atoms with E-state index in [1.807, 2.05) is 31.2 Å². The first-order chi connectivity index (χ1) is 12.1. The lowest BCUT2D eigenvalue weighted by molar-refractivity contribution is 0.0955. The molecule has 0 radical (unpaired) electrons. The molecule has 0 aliphatic heterocycles. The van der Waals surface area contributed by atoms with E-state index < -0.39 is 0 Å². The molecule has 0 aliphatic rings. The molecular formula is C21H27N3O. The molecule has 25 heavy (non-hydrogen) atoms. The first-order valence-electron chi connectivity index (χ1n) is 8.89. The molecule has 0 unspecified atom stereocenters. The van der Waals surface area contributed by atoms with Gasteiger partial charge in [0, 0.05) is 24.3 Å².